The summed E-state index contributed by atoms with van der Waals surface area (Å²) in [6.07, 6.45) is -3.62. The molecule has 0 aliphatic heterocycles. The summed E-state index contributed by atoms with van der Waals surface area (Å²) in [5.41, 5.74) is 1.56. The fourth-order valence-electron chi connectivity index (χ4n) is 4.05. The van der Waals surface area contributed by atoms with E-state index in [-0.39, 0.29) is 22.8 Å². The van der Waals surface area contributed by atoms with Crippen LogP contribution in [0.15, 0.2) is 65.2 Å². The molecule has 0 fully saturated rings. The molecule has 35 heavy (non-hydrogen) atoms. The summed E-state index contributed by atoms with van der Waals surface area (Å²) >= 11 is 0. The maximum absolute atomic E-state index is 14.7. The Morgan fingerprint density at radius 3 is 2.37 bits per heavy atom. The van der Waals surface area contributed by atoms with Crippen LogP contribution in [-0.4, -0.2) is 28.6 Å². The molecule has 182 valence electrons. The van der Waals surface area contributed by atoms with Gasteiger partial charge in [0.25, 0.3) is 5.89 Å². The molecule has 1 aromatic heterocycles. The van der Waals surface area contributed by atoms with Gasteiger partial charge < -0.3 is 9.42 Å². The van der Waals surface area contributed by atoms with Crippen LogP contribution < -0.4 is 0 Å². The van der Waals surface area contributed by atoms with Crippen molar-refractivity contribution in [3.63, 3.8) is 0 Å². The lowest BCUT2D eigenvalue weighted by molar-refractivity contribution is -0.137. The van der Waals surface area contributed by atoms with Gasteiger partial charge in [0.2, 0.25) is 5.82 Å². The van der Waals surface area contributed by atoms with E-state index in [4.69, 9.17) is 4.52 Å². The van der Waals surface area contributed by atoms with E-state index in [9.17, 15) is 17.6 Å². The highest BCUT2D eigenvalue weighted by Gasteiger charge is 2.34. The van der Waals surface area contributed by atoms with Crippen LogP contribution in [0, 0.1) is 12.7 Å². The Labute approximate surface area is 201 Å². The van der Waals surface area contributed by atoms with Gasteiger partial charge in [-0.25, -0.2) is 4.39 Å². The third-order valence-corrected chi connectivity index (χ3v) is 5.79. The normalized spacial score (nSPS) is 11.9. The molecule has 0 spiro atoms. The van der Waals surface area contributed by atoms with Gasteiger partial charge in [-0.15, -0.1) is 0 Å². The third kappa shape index (κ3) is 5.43. The quantitative estimate of drug-likeness (QED) is 0.257. The molecule has 0 saturated heterocycles. The van der Waals surface area contributed by atoms with E-state index in [1.165, 1.54) is 18.2 Å². The molecule has 3 aromatic carbocycles. The largest absolute Gasteiger partial charge is 0.417 e. The van der Waals surface area contributed by atoms with Crippen LogP contribution in [0.5, 0.6) is 0 Å². The molecule has 0 radical (unpaired) electrons. The number of alkyl halides is 3. The lowest BCUT2D eigenvalue weighted by atomic mass is 9.94. The highest BCUT2D eigenvalue weighted by atomic mass is 19.4. The first-order chi connectivity index (χ1) is 16.7. The second-order valence-electron chi connectivity index (χ2n) is 8.54. The van der Waals surface area contributed by atoms with E-state index in [2.05, 4.69) is 17.1 Å². The van der Waals surface area contributed by atoms with E-state index < -0.39 is 17.6 Å². The highest BCUT2D eigenvalue weighted by molar-refractivity contribution is 5.74. The van der Waals surface area contributed by atoms with Crippen molar-refractivity contribution in [2.24, 2.45) is 0 Å². The predicted octanol–water partition coefficient (Wildman–Crippen LogP) is 7.38. The molecule has 8 heteroatoms. The van der Waals surface area contributed by atoms with Crippen LogP contribution in [0.4, 0.5) is 17.6 Å². The number of benzene rings is 3. The zero-order chi connectivity index (χ0) is 25.2. The molecular formula is C27H25F4N3O. The van der Waals surface area contributed by atoms with Crippen LogP contribution in [-0.2, 0) is 12.7 Å². The molecular weight excluding hydrogens is 458 g/mol. The summed E-state index contributed by atoms with van der Waals surface area (Å²) in [7, 11) is 1.92. The van der Waals surface area contributed by atoms with Crippen molar-refractivity contribution < 1.29 is 22.1 Å². The molecule has 0 unspecified atom stereocenters. The Morgan fingerprint density at radius 2 is 1.69 bits per heavy atom. The average Bonchev–Trinajstić information content (AvgIpc) is 3.30. The average molecular weight is 484 g/mol. The highest BCUT2D eigenvalue weighted by Crippen LogP contribution is 2.40. The Morgan fingerprint density at radius 1 is 0.943 bits per heavy atom. The summed E-state index contributed by atoms with van der Waals surface area (Å²) < 4.78 is 61.7. The van der Waals surface area contributed by atoms with Crippen LogP contribution in [0.3, 0.4) is 0 Å². The number of aromatic nitrogens is 2. The molecule has 0 atom stereocenters. The van der Waals surface area contributed by atoms with Gasteiger partial charge in [0, 0.05) is 23.2 Å². The maximum Gasteiger partial charge on any atom is 0.417 e. The fraction of sp³-hybridized carbons (Fsp3) is 0.259. The van der Waals surface area contributed by atoms with E-state index in [0.717, 1.165) is 24.6 Å². The van der Waals surface area contributed by atoms with Gasteiger partial charge >= 0.3 is 6.18 Å². The summed E-state index contributed by atoms with van der Waals surface area (Å²) in [6, 6.07) is 15.5. The molecule has 0 bridgehead atoms. The number of hydrogen-bond donors (Lipinski definition) is 0. The van der Waals surface area contributed by atoms with E-state index in [1.807, 2.05) is 11.9 Å². The zero-order valence-electron chi connectivity index (χ0n) is 19.7. The van der Waals surface area contributed by atoms with Crippen molar-refractivity contribution in [2.45, 2.75) is 33.0 Å². The van der Waals surface area contributed by atoms with Crippen LogP contribution in [0.25, 0.3) is 34.0 Å². The minimum Gasteiger partial charge on any atom is -0.334 e. The topological polar surface area (TPSA) is 42.2 Å². The summed E-state index contributed by atoms with van der Waals surface area (Å²) in [6.45, 7) is 5.13. The molecule has 4 nitrogen and oxygen atoms in total. The Balaban J connectivity index is 1.66. The molecule has 1 heterocycles. The van der Waals surface area contributed by atoms with Gasteiger partial charge in [-0.3, -0.25) is 0 Å². The van der Waals surface area contributed by atoms with E-state index >= 15 is 0 Å². The van der Waals surface area contributed by atoms with Crippen molar-refractivity contribution in [3.8, 4) is 34.0 Å². The van der Waals surface area contributed by atoms with Gasteiger partial charge in [-0.1, -0.05) is 54.5 Å². The SMILES string of the molecule is CCCN(C)Cc1ccc(-c2noc(-c3ccc(-c4ccccc4C)c(C(F)(F)F)c3)n2)cc1F. The second-order valence-corrected chi connectivity index (χ2v) is 8.54. The van der Waals surface area contributed by atoms with Crippen LogP contribution in [0.2, 0.25) is 0 Å². The van der Waals surface area contributed by atoms with Crippen LogP contribution in [0.1, 0.15) is 30.0 Å². The predicted molar refractivity (Wildman–Crippen MR) is 127 cm³/mol. The van der Waals surface area contributed by atoms with Gasteiger partial charge in [0.05, 0.1) is 5.56 Å². The van der Waals surface area contributed by atoms with Crippen molar-refractivity contribution in [2.75, 3.05) is 13.6 Å². The van der Waals surface area contributed by atoms with Gasteiger partial charge in [0.1, 0.15) is 5.82 Å². The molecule has 4 rings (SSSR count). The van der Waals surface area contributed by atoms with E-state index in [1.54, 1.807) is 43.3 Å². The number of halogens is 4. The first kappa shape index (κ1) is 24.6. The minimum absolute atomic E-state index is 0.0739. The van der Waals surface area contributed by atoms with Gasteiger partial charge in [-0.2, -0.15) is 18.2 Å². The Hall–Kier alpha value is -3.52. The molecule has 0 amide bonds. The number of nitrogens with zero attached hydrogens (tertiary/aromatic N) is 3. The molecule has 0 aliphatic rings. The van der Waals surface area contributed by atoms with E-state index in [0.29, 0.717) is 23.2 Å². The Bertz CT molecular complexity index is 1330. The first-order valence-corrected chi connectivity index (χ1v) is 11.3. The minimum atomic E-state index is -4.58. The monoisotopic (exact) mass is 483 g/mol. The summed E-state index contributed by atoms with van der Waals surface area (Å²) in [4.78, 5) is 6.25. The molecule has 0 saturated carbocycles. The number of aryl methyl sites for hydroxylation is 1. The van der Waals surface area contributed by atoms with Gasteiger partial charge in [0.15, 0.2) is 0 Å². The summed E-state index contributed by atoms with van der Waals surface area (Å²) in [5, 5.41) is 3.87. The zero-order valence-corrected chi connectivity index (χ0v) is 19.7. The second kappa shape index (κ2) is 10.00. The van der Waals surface area contributed by atoms with Crippen LogP contribution >= 0.6 is 0 Å². The molecule has 0 N–H and O–H groups in total. The smallest absolute Gasteiger partial charge is 0.334 e. The van der Waals surface area contributed by atoms with Crippen molar-refractivity contribution in [1.29, 1.82) is 0 Å². The van der Waals surface area contributed by atoms with Crippen molar-refractivity contribution in [3.05, 3.63) is 83.2 Å². The lowest BCUT2D eigenvalue weighted by Gasteiger charge is -2.16. The van der Waals surface area contributed by atoms with Crippen molar-refractivity contribution >= 4 is 0 Å². The van der Waals surface area contributed by atoms with Gasteiger partial charge in [-0.05, 0) is 61.8 Å². The number of hydrogen-bond acceptors (Lipinski definition) is 4. The first-order valence-electron chi connectivity index (χ1n) is 11.3. The standard InChI is InChI=1S/C27H25F4N3O/c1-4-13-34(3)16-20-10-9-18(15-24(20)28)25-32-26(35-33-25)19-11-12-22(23(14-19)27(29,30)31)21-8-6-5-7-17(21)2/h5-12,14-15H,4,13,16H2,1-3H3. The fourth-order valence-corrected chi connectivity index (χ4v) is 4.05. The third-order valence-electron chi connectivity index (χ3n) is 5.79. The van der Waals surface area contributed by atoms with Crippen molar-refractivity contribution in [1.82, 2.24) is 15.0 Å². The Kier molecular flexibility index (Phi) is 7.03. The summed E-state index contributed by atoms with van der Waals surface area (Å²) in [5.74, 6) is -0.378. The maximum atomic E-state index is 14.7. The molecule has 4 aromatic rings. The lowest BCUT2D eigenvalue weighted by Crippen LogP contribution is -2.19. The molecule has 0 aliphatic carbocycles. The number of rotatable bonds is 7.